The molecule has 0 radical (unpaired) electrons. The molecule has 0 saturated heterocycles. The zero-order valence-corrected chi connectivity index (χ0v) is 15.8. The van der Waals surface area contributed by atoms with Gasteiger partial charge in [-0.05, 0) is 37.6 Å². The molecule has 6 nitrogen and oxygen atoms in total. The summed E-state index contributed by atoms with van der Waals surface area (Å²) in [6.45, 7) is 2.43. The van der Waals surface area contributed by atoms with E-state index in [-0.39, 0.29) is 36.8 Å². The topological polar surface area (TPSA) is 89.3 Å². The summed E-state index contributed by atoms with van der Waals surface area (Å²) in [5.41, 5.74) is 6.91. The molecule has 0 aliphatic carbocycles. The zero-order valence-electron chi connectivity index (χ0n) is 14.2. The molecule has 1 aromatic carbocycles. The van der Waals surface area contributed by atoms with Crippen LogP contribution in [0.3, 0.4) is 0 Å². The van der Waals surface area contributed by atoms with Crippen LogP contribution in [0.4, 0.5) is 11.5 Å². The average Bonchev–Trinajstić information content (AvgIpc) is 2.55. The van der Waals surface area contributed by atoms with Crippen LogP contribution in [0.2, 0.25) is 0 Å². The number of nitrogens with two attached hydrogens (primary N) is 1. The first kappa shape index (κ1) is 23.0. The number of methoxy groups -OCH3 is 1. The van der Waals surface area contributed by atoms with E-state index in [4.69, 9.17) is 10.5 Å². The van der Waals surface area contributed by atoms with Gasteiger partial charge in [-0.15, -0.1) is 24.8 Å². The van der Waals surface area contributed by atoms with E-state index in [2.05, 4.69) is 15.6 Å². The highest BCUT2D eigenvalue weighted by atomic mass is 35.5. The zero-order chi connectivity index (χ0) is 16.7. The van der Waals surface area contributed by atoms with Crippen molar-refractivity contribution in [3.63, 3.8) is 0 Å². The first-order valence-electron chi connectivity index (χ1n) is 7.50. The molecule has 0 saturated carbocycles. The van der Waals surface area contributed by atoms with Gasteiger partial charge in [0.1, 0.15) is 11.6 Å². The second-order valence-corrected chi connectivity index (χ2v) is 5.25. The molecule has 0 fully saturated rings. The highest BCUT2D eigenvalue weighted by molar-refractivity contribution is 5.99. The summed E-state index contributed by atoms with van der Waals surface area (Å²) in [6.07, 6.45) is 2.36. The predicted octanol–water partition coefficient (Wildman–Crippen LogP) is 3.14. The monoisotopic (exact) mass is 386 g/mol. The van der Waals surface area contributed by atoms with E-state index in [9.17, 15) is 4.79 Å². The number of halogens is 2. The van der Waals surface area contributed by atoms with Gasteiger partial charge in [-0.25, -0.2) is 4.98 Å². The number of rotatable bonds is 7. The van der Waals surface area contributed by atoms with Gasteiger partial charge >= 0.3 is 0 Å². The Morgan fingerprint density at radius 3 is 2.64 bits per heavy atom. The molecule has 2 rings (SSSR count). The van der Waals surface area contributed by atoms with E-state index in [1.807, 2.05) is 31.2 Å². The first-order valence-corrected chi connectivity index (χ1v) is 7.50. The third-order valence-electron chi connectivity index (χ3n) is 3.30. The third kappa shape index (κ3) is 6.78. The molecule has 1 aromatic heterocycles. The number of ether oxygens (including phenoxy) is 1. The molecule has 0 aliphatic rings. The summed E-state index contributed by atoms with van der Waals surface area (Å²) >= 11 is 0. The fourth-order valence-electron chi connectivity index (χ4n) is 2.07. The van der Waals surface area contributed by atoms with E-state index in [1.165, 1.54) is 0 Å². The van der Waals surface area contributed by atoms with E-state index >= 15 is 0 Å². The van der Waals surface area contributed by atoms with Crippen molar-refractivity contribution in [3.8, 4) is 5.75 Å². The summed E-state index contributed by atoms with van der Waals surface area (Å²) in [5, 5.41) is 6.01. The minimum Gasteiger partial charge on any atom is -0.495 e. The third-order valence-corrected chi connectivity index (χ3v) is 3.30. The van der Waals surface area contributed by atoms with Crippen LogP contribution >= 0.6 is 24.8 Å². The fraction of sp³-hybridized carbons (Fsp3) is 0.294. The number of benzene rings is 1. The van der Waals surface area contributed by atoms with Crippen molar-refractivity contribution >= 4 is 42.2 Å². The molecule has 1 atom stereocenters. The van der Waals surface area contributed by atoms with Gasteiger partial charge in [-0.1, -0.05) is 12.1 Å². The Bertz CT molecular complexity index is 669. The number of amides is 1. The minimum atomic E-state index is -0.184. The lowest BCUT2D eigenvalue weighted by atomic mass is 10.2. The summed E-state index contributed by atoms with van der Waals surface area (Å²) in [4.78, 5) is 16.6. The van der Waals surface area contributed by atoms with Crippen LogP contribution in [-0.4, -0.2) is 30.6 Å². The van der Waals surface area contributed by atoms with Gasteiger partial charge < -0.3 is 21.1 Å². The van der Waals surface area contributed by atoms with Crippen molar-refractivity contribution in [2.75, 3.05) is 19.0 Å². The Balaban J connectivity index is 0.00000288. The van der Waals surface area contributed by atoms with Gasteiger partial charge in [0.2, 0.25) is 0 Å². The van der Waals surface area contributed by atoms with Crippen LogP contribution in [0.1, 0.15) is 23.7 Å². The maximum absolute atomic E-state index is 12.3. The van der Waals surface area contributed by atoms with Crippen LogP contribution in [0.15, 0.2) is 42.6 Å². The van der Waals surface area contributed by atoms with Gasteiger partial charge in [0.05, 0.1) is 18.4 Å². The second kappa shape index (κ2) is 11.5. The lowest BCUT2D eigenvalue weighted by molar-refractivity contribution is 0.0953. The smallest absolute Gasteiger partial charge is 0.255 e. The molecule has 0 bridgehead atoms. The SMILES string of the molecule is COc1ccccc1Nc1ncccc1C(=O)NCCC(C)N.Cl.Cl. The number of hydrogen-bond donors (Lipinski definition) is 3. The largest absolute Gasteiger partial charge is 0.495 e. The van der Waals surface area contributed by atoms with Crippen LogP contribution < -0.4 is 21.1 Å². The molecule has 138 valence electrons. The molecule has 1 heterocycles. The minimum absolute atomic E-state index is 0. The van der Waals surface area contributed by atoms with Crippen LogP contribution in [0.25, 0.3) is 0 Å². The van der Waals surface area contributed by atoms with Crippen LogP contribution in [0, 0.1) is 0 Å². The summed E-state index contributed by atoms with van der Waals surface area (Å²) in [7, 11) is 1.60. The Hall–Kier alpha value is -2.02. The van der Waals surface area contributed by atoms with E-state index < -0.39 is 0 Å². The molecular weight excluding hydrogens is 363 g/mol. The second-order valence-electron chi connectivity index (χ2n) is 5.25. The van der Waals surface area contributed by atoms with Gasteiger partial charge in [-0.2, -0.15) is 0 Å². The summed E-state index contributed by atoms with van der Waals surface area (Å²) in [6, 6.07) is 11.0. The number of pyridine rings is 1. The van der Waals surface area contributed by atoms with E-state index in [1.54, 1.807) is 25.4 Å². The number of nitrogens with zero attached hydrogens (tertiary/aromatic N) is 1. The highest BCUT2D eigenvalue weighted by Crippen LogP contribution is 2.27. The normalized spacial score (nSPS) is 10.7. The molecule has 1 amide bonds. The van der Waals surface area contributed by atoms with E-state index in [0.29, 0.717) is 23.7 Å². The Labute approximate surface area is 160 Å². The number of carbonyl (C=O) groups is 1. The Morgan fingerprint density at radius 1 is 1.24 bits per heavy atom. The molecule has 2 aromatic rings. The van der Waals surface area contributed by atoms with E-state index in [0.717, 1.165) is 12.1 Å². The molecular formula is C17H24Cl2N4O2. The maximum atomic E-state index is 12.3. The van der Waals surface area contributed by atoms with Crippen LogP contribution in [-0.2, 0) is 0 Å². The van der Waals surface area contributed by atoms with Gasteiger partial charge in [0, 0.05) is 18.8 Å². The van der Waals surface area contributed by atoms with Crippen molar-refractivity contribution in [2.45, 2.75) is 19.4 Å². The molecule has 4 N–H and O–H groups in total. The molecule has 25 heavy (non-hydrogen) atoms. The van der Waals surface area contributed by atoms with Gasteiger partial charge in [-0.3, -0.25) is 4.79 Å². The van der Waals surface area contributed by atoms with Crippen molar-refractivity contribution in [3.05, 3.63) is 48.2 Å². The van der Waals surface area contributed by atoms with Gasteiger partial charge in [0.15, 0.2) is 0 Å². The standard InChI is InChI=1S/C17H22N4O2.2ClH/c1-12(18)9-11-20-17(22)13-6-5-10-19-16(13)21-14-7-3-4-8-15(14)23-2;;/h3-8,10,12H,9,11,18H2,1-2H3,(H,19,21)(H,20,22);2*1H. The van der Waals surface area contributed by atoms with Crippen molar-refractivity contribution in [1.29, 1.82) is 0 Å². The van der Waals surface area contributed by atoms with Gasteiger partial charge in [0.25, 0.3) is 5.91 Å². The average molecular weight is 387 g/mol. The number of hydrogen-bond acceptors (Lipinski definition) is 5. The molecule has 1 unspecified atom stereocenters. The quantitative estimate of drug-likeness (QED) is 0.679. The Morgan fingerprint density at radius 2 is 1.96 bits per heavy atom. The molecule has 8 heteroatoms. The predicted molar refractivity (Wildman–Crippen MR) is 106 cm³/mol. The number of para-hydroxylation sites is 2. The Kier molecular flexibility index (Phi) is 10.6. The lowest BCUT2D eigenvalue weighted by Crippen LogP contribution is -2.29. The highest BCUT2D eigenvalue weighted by Gasteiger charge is 2.13. The van der Waals surface area contributed by atoms with Crippen molar-refractivity contribution < 1.29 is 9.53 Å². The number of aromatic nitrogens is 1. The molecule has 0 spiro atoms. The lowest BCUT2D eigenvalue weighted by Gasteiger charge is -2.13. The van der Waals surface area contributed by atoms with Crippen LogP contribution in [0.5, 0.6) is 5.75 Å². The van der Waals surface area contributed by atoms with Crippen molar-refractivity contribution in [2.24, 2.45) is 5.73 Å². The number of nitrogens with one attached hydrogen (secondary N) is 2. The summed E-state index contributed by atoms with van der Waals surface area (Å²) < 4.78 is 5.30. The number of carbonyl (C=O) groups excluding carboxylic acids is 1. The first-order chi connectivity index (χ1) is 11.1. The maximum Gasteiger partial charge on any atom is 0.255 e. The van der Waals surface area contributed by atoms with Crippen molar-refractivity contribution in [1.82, 2.24) is 10.3 Å². The summed E-state index contributed by atoms with van der Waals surface area (Å²) in [5.74, 6) is 0.980. The molecule has 0 aliphatic heterocycles. The fourth-order valence-corrected chi connectivity index (χ4v) is 2.07. The number of anilines is 2.